The molecule has 1 aliphatic heterocycles. The Morgan fingerprint density at radius 3 is 2.20 bits per heavy atom. The SMILES string of the molecule is COc1cc(C2=C(c3ccccc3N)COC2=O)cc(OC)c1OC. The topological polar surface area (TPSA) is 80.0 Å². The van der Waals surface area contributed by atoms with Crippen molar-refractivity contribution in [2.24, 2.45) is 0 Å². The lowest BCUT2D eigenvalue weighted by Gasteiger charge is -2.14. The van der Waals surface area contributed by atoms with E-state index in [-0.39, 0.29) is 6.61 Å². The molecule has 2 N–H and O–H groups in total. The molecule has 1 aliphatic rings. The summed E-state index contributed by atoms with van der Waals surface area (Å²) < 4.78 is 21.3. The first-order valence-electron chi connectivity index (χ1n) is 7.66. The van der Waals surface area contributed by atoms with E-state index in [2.05, 4.69) is 0 Å². The first kappa shape index (κ1) is 16.7. The van der Waals surface area contributed by atoms with Crippen LogP contribution in [-0.4, -0.2) is 33.9 Å². The van der Waals surface area contributed by atoms with E-state index in [1.165, 1.54) is 21.3 Å². The van der Waals surface area contributed by atoms with Crippen LogP contribution in [0.25, 0.3) is 11.1 Å². The van der Waals surface area contributed by atoms with E-state index in [0.29, 0.717) is 34.1 Å². The summed E-state index contributed by atoms with van der Waals surface area (Å²) in [5.41, 5.74) is 9.23. The van der Waals surface area contributed by atoms with Crippen molar-refractivity contribution >= 4 is 22.8 Å². The van der Waals surface area contributed by atoms with Gasteiger partial charge in [-0.15, -0.1) is 0 Å². The summed E-state index contributed by atoms with van der Waals surface area (Å²) in [4.78, 5) is 12.4. The second-order valence-corrected chi connectivity index (χ2v) is 5.43. The highest BCUT2D eigenvalue weighted by molar-refractivity contribution is 6.28. The molecule has 0 atom stereocenters. The third kappa shape index (κ3) is 2.87. The van der Waals surface area contributed by atoms with Crippen LogP contribution in [0.15, 0.2) is 36.4 Å². The van der Waals surface area contributed by atoms with Crippen LogP contribution in [0.2, 0.25) is 0 Å². The maximum Gasteiger partial charge on any atom is 0.339 e. The Labute approximate surface area is 145 Å². The molecule has 0 saturated heterocycles. The number of hydrogen-bond acceptors (Lipinski definition) is 6. The van der Waals surface area contributed by atoms with E-state index in [1.807, 2.05) is 18.2 Å². The van der Waals surface area contributed by atoms with E-state index < -0.39 is 5.97 Å². The Balaban J connectivity index is 2.24. The van der Waals surface area contributed by atoms with Crippen LogP contribution in [0, 0.1) is 0 Å². The van der Waals surface area contributed by atoms with Gasteiger partial charge in [0.15, 0.2) is 11.5 Å². The zero-order valence-corrected chi connectivity index (χ0v) is 14.3. The zero-order valence-electron chi connectivity index (χ0n) is 14.3. The number of benzene rings is 2. The van der Waals surface area contributed by atoms with Crippen molar-refractivity contribution in [2.75, 3.05) is 33.7 Å². The van der Waals surface area contributed by atoms with Crippen molar-refractivity contribution in [3.8, 4) is 17.2 Å². The molecule has 2 aromatic carbocycles. The van der Waals surface area contributed by atoms with E-state index in [4.69, 9.17) is 24.7 Å². The number of nitrogen functional groups attached to an aromatic ring is 1. The monoisotopic (exact) mass is 341 g/mol. The van der Waals surface area contributed by atoms with Crippen molar-refractivity contribution in [2.45, 2.75) is 0 Å². The van der Waals surface area contributed by atoms with Gasteiger partial charge in [0.25, 0.3) is 0 Å². The number of cyclic esters (lactones) is 1. The quantitative estimate of drug-likeness (QED) is 0.665. The molecule has 0 fully saturated rings. The minimum atomic E-state index is -0.410. The van der Waals surface area contributed by atoms with Gasteiger partial charge in [0, 0.05) is 16.8 Å². The van der Waals surface area contributed by atoms with Crippen LogP contribution in [-0.2, 0) is 9.53 Å². The van der Waals surface area contributed by atoms with Gasteiger partial charge in [-0.3, -0.25) is 0 Å². The van der Waals surface area contributed by atoms with Gasteiger partial charge in [0.1, 0.15) is 6.61 Å². The molecule has 0 aromatic heterocycles. The number of para-hydroxylation sites is 1. The second-order valence-electron chi connectivity index (χ2n) is 5.43. The summed E-state index contributed by atoms with van der Waals surface area (Å²) in [6, 6.07) is 10.8. The smallest absolute Gasteiger partial charge is 0.339 e. The number of carbonyl (C=O) groups is 1. The molecule has 0 spiro atoms. The number of hydrogen-bond donors (Lipinski definition) is 1. The van der Waals surface area contributed by atoms with Crippen LogP contribution in [0.1, 0.15) is 11.1 Å². The van der Waals surface area contributed by atoms with Gasteiger partial charge >= 0.3 is 5.97 Å². The Hall–Kier alpha value is -3.15. The average molecular weight is 341 g/mol. The number of ether oxygens (including phenoxy) is 4. The molecule has 2 aromatic rings. The lowest BCUT2D eigenvalue weighted by molar-refractivity contribution is -0.133. The maximum absolute atomic E-state index is 12.4. The van der Waals surface area contributed by atoms with Crippen LogP contribution >= 0.6 is 0 Å². The summed E-state index contributed by atoms with van der Waals surface area (Å²) in [6.45, 7) is 0.166. The Morgan fingerprint density at radius 1 is 1.00 bits per heavy atom. The van der Waals surface area contributed by atoms with Crippen molar-refractivity contribution in [3.63, 3.8) is 0 Å². The molecular weight excluding hydrogens is 322 g/mol. The summed E-state index contributed by atoms with van der Waals surface area (Å²) >= 11 is 0. The highest BCUT2D eigenvalue weighted by atomic mass is 16.5. The molecule has 6 heteroatoms. The van der Waals surface area contributed by atoms with Gasteiger partial charge in [0.2, 0.25) is 5.75 Å². The van der Waals surface area contributed by atoms with E-state index in [1.54, 1.807) is 18.2 Å². The Kier molecular flexibility index (Phi) is 4.52. The molecule has 3 rings (SSSR count). The summed E-state index contributed by atoms with van der Waals surface area (Å²) in [7, 11) is 4.58. The van der Waals surface area contributed by atoms with Crippen molar-refractivity contribution in [1.82, 2.24) is 0 Å². The van der Waals surface area contributed by atoms with E-state index >= 15 is 0 Å². The fourth-order valence-electron chi connectivity index (χ4n) is 2.91. The average Bonchev–Trinajstić information content (AvgIpc) is 3.02. The zero-order chi connectivity index (χ0) is 18.0. The number of rotatable bonds is 5. The fraction of sp³-hybridized carbons (Fsp3) is 0.211. The number of nitrogens with two attached hydrogens (primary N) is 1. The Bertz CT molecular complexity index is 832. The van der Waals surface area contributed by atoms with Gasteiger partial charge in [-0.05, 0) is 23.8 Å². The predicted molar refractivity (Wildman–Crippen MR) is 94.7 cm³/mol. The number of methoxy groups -OCH3 is 3. The number of carbonyl (C=O) groups excluding carboxylic acids is 1. The van der Waals surface area contributed by atoms with E-state index in [9.17, 15) is 4.79 Å². The Morgan fingerprint density at radius 2 is 1.64 bits per heavy atom. The minimum absolute atomic E-state index is 0.166. The maximum atomic E-state index is 12.4. The highest BCUT2D eigenvalue weighted by Crippen LogP contribution is 2.43. The normalized spacial score (nSPS) is 13.6. The van der Waals surface area contributed by atoms with Crippen LogP contribution in [0.4, 0.5) is 5.69 Å². The highest BCUT2D eigenvalue weighted by Gasteiger charge is 2.30. The number of anilines is 1. The summed E-state index contributed by atoms with van der Waals surface area (Å²) in [5.74, 6) is 0.975. The molecular formula is C19H19NO5. The molecule has 0 unspecified atom stereocenters. The summed E-state index contributed by atoms with van der Waals surface area (Å²) in [5, 5.41) is 0. The minimum Gasteiger partial charge on any atom is -0.493 e. The molecule has 0 aliphatic carbocycles. The molecule has 0 bridgehead atoms. The van der Waals surface area contributed by atoms with Gasteiger partial charge in [-0.1, -0.05) is 18.2 Å². The number of esters is 1. The fourth-order valence-corrected chi connectivity index (χ4v) is 2.91. The van der Waals surface area contributed by atoms with Crippen molar-refractivity contribution in [3.05, 3.63) is 47.5 Å². The lowest BCUT2D eigenvalue weighted by Crippen LogP contribution is -2.02. The molecule has 25 heavy (non-hydrogen) atoms. The molecule has 0 saturated carbocycles. The van der Waals surface area contributed by atoms with Crippen LogP contribution < -0.4 is 19.9 Å². The molecule has 1 heterocycles. The van der Waals surface area contributed by atoms with Crippen LogP contribution in [0.5, 0.6) is 17.2 Å². The molecule has 0 amide bonds. The van der Waals surface area contributed by atoms with Gasteiger partial charge in [-0.2, -0.15) is 0 Å². The third-order valence-electron chi connectivity index (χ3n) is 4.09. The van der Waals surface area contributed by atoms with Gasteiger partial charge in [-0.25, -0.2) is 4.79 Å². The molecule has 130 valence electrons. The first-order chi connectivity index (χ1) is 12.1. The van der Waals surface area contributed by atoms with Crippen LogP contribution in [0.3, 0.4) is 0 Å². The van der Waals surface area contributed by atoms with E-state index in [0.717, 1.165) is 11.1 Å². The largest absolute Gasteiger partial charge is 0.493 e. The predicted octanol–water partition coefficient (Wildman–Crippen LogP) is 2.76. The van der Waals surface area contributed by atoms with Crippen molar-refractivity contribution < 1.29 is 23.7 Å². The second kappa shape index (κ2) is 6.76. The molecule has 6 nitrogen and oxygen atoms in total. The molecule has 0 radical (unpaired) electrons. The van der Waals surface area contributed by atoms with Crippen molar-refractivity contribution in [1.29, 1.82) is 0 Å². The van der Waals surface area contributed by atoms with Gasteiger partial charge in [0.05, 0.1) is 26.9 Å². The summed E-state index contributed by atoms with van der Waals surface area (Å²) in [6.07, 6.45) is 0. The lowest BCUT2D eigenvalue weighted by atomic mass is 9.95. The standard InChI is InChI=1S/C19H19NO5/c1-22-15-8-11(9-16(23-2)18(15)24-3)17-13(10-25-19(17)21)12-6-4-5-7-14(12)20/h4-9H,10,20H2,1-3H3. The van der Waals surface area contributed by atoms with Gasteiger partial charge < -0.3 is 24.7 Å². The first-order valence-corrected chi connectivity index (χ1v) is 7.66. The third-order valence-corrected chi connectivity index (χ3v) is 4.09.